The van der Waals surface area contributed by atoms with E-state index in [1.165, 1.54) is 12.4 Å². The van der Waals surface area contributed by atoms with Gasteiger partial charge in [-0.15, -0.1) is 0 Å². The summed E-state index contributed by atoms with van der Waals surface area (Å²) in [6.45, 7) is 1.96. The number of benzene rings is 1. The molecule has 0 saturated carbocycles. The van der Waals surface area contributed by atoms with Crippen LogP contribution in [0.4, 0.5) is 10.2 Å². The zero-order valence-electron chi connectivity index (χ0n) is 9.19. The van der Waals surface area contributed by atoms with Crippen molar-refractivity contribution in [3.63, 3.8) is 0 Å². The largest absolute Gasteiger partial charge is 0.363 e. The molecule has 0 spiro atoms. The van der Waals surface area contributed by atoms with Crippen LogP contribution in [0.15, 0.2) is 36.7 Å². The summed E-state index contributed by atoms with van der Waals surface area (Å²) in [6, 6.07) is 8.73. The lowest BCUT2D eigenvalue weighted by molar-refractivity contribution is 0.579. The van der Waals surface area contributed by atoms with Gasteiger partial charge in [-0.1, -0.05) is 23.7 Å². The maximum atomic E-state index is 12.9. The number of rotatable bonds is 3. The number of anilines is 1. The van der Waals surface area contributed by atoms with Crippen LogP contribution in [0.25, 0.3) is 0 Å². The van der Waals surface area contributed by atoms with E-state index in [1.807, 2.05) is 31.2 Å². The number of nitrogens with zero attached hydrogens (tertiary/aromatic N) is 2. The summed E-state index contributed by atoms with van der Waals surface area (Å²) in [5, 5.41) is 3.77. The van der Waals surface area contributed by atoms with Gasteiger partial charge in [0, 0.05) is 17.1 Å². The van der Waals surface area contributed by atoms with Gasteiger partial charge in [0.1, 0.15) is 12.1 Å². The van der Waals surface area contributed by atoms with Crippen molar-refractivity contribution in [2.75, 3.05) is 5.32 Å². The maximum Gasteiger partial charge on any atom is 0.217 e. The van der Waals surface area contributed by atoms with Gasteiger partial charge >= 0.3 is 0 Å². The Kier molecular flexibility index (Phi) is 3.54. The minimum Gasteiger partial charge on any atom is -0.363 e. The first-order valence-electron chi connectivity index (χ1n) is 5.14. The molecule has 88 valence electrons. The lowest BCUT2D eigenvalue weighted by atomic mass is 10.1. The lowest BCUT2D eigenvalue weighted by Gasteiger charge is -2.14. The van der Waals surface area contributed by atoms with E-state index in [-0.39, 0.29) is 6.04 Å². The van der Waals surface area contributed by atoms with E-state index in [2.05, 4.69) is 15.3 Å². The molecule has 17 heavy (non-hydrogen) atoms. The highest BCUT2D eigenvalue weighted by molar-refractivity contribution is 6.30. The predicted molar refractivity (Wildman–Crippen MR) is 65.5 cm³/mol. The van der Waals surface area contributed by atoms with Crippen molar-refractivity contribution in [3.8, 4) is 0 Å². The van der Waals surface area contributed by atoms with Crippen molar-refractivity contribution in [2.24, 2.45) is 0 Å². The molecule has 1 aromatic heterocycles. The molecular weight excluding hydrogens is 241 g/mol. The molecule has 2 rings (SSSR count). The average molecular weight is 252 g/mol. The molecule has 5 heteroatoms. The van der Waals surface area contributed by atoms with Gasteiger partial charge in [-0.3, -0.25) is 0 Å². The molecule has 2 aromatic rings. The Morgan fingerprint density at radius 2 is 1.94 bits per heavy atom. The van der Waals surface area contributed by atoms with Gasteiger partial charge in [-0.05, 0) is 24.6 Å². The van der Waals surface area contributed by atoms with E-state index in [4.69, 9.17) is 11.6 Å². The van der Waals surface area contributed by atoms with Crippen LogP contribution in [0.1, 0.15) is 18.5 Å². The summed E-state index contributed by atoms with van der Waals surface area (Å²) in [5.41, 5.74) is 1.05. The van der Waals surface area contributed by atoms with Gasteiger partial charge in [0.05, 0.1) is 0 Å². The second-order valence-electron chi connectivity index (χ2n) is 3.64. The fourth-order valence-electron chi connectivity index (χ4n) is 1.47. The third kappa shape index (κ3) is 3.14. The third-order valence-corrected chi connectivity index (χ3v) is 2.62. The van der Waals surface area contributed by atoms with E-state index in [1.54, 1.807) is 0 Å². The lowest BCUT2D eigenvalue weighted by Crippen LogP contribution is -2.08. The molecule has 0 aliphatic rings. The van der Waals surface area contributed by atoms with Gasteiger partial charge in [-0.2, -0.15) is 4.39 Å². The molecule has 0 fully saturated rings. The summed E-state index contributed by atoms with van der Waals surface area (Å²) in [4.78, 5) is 7.33. The smallest absolute Gasteiger partial charge is 0.217 e. The van der Waals surface area contributed by atoms with Gasteiger partial charge < -0.3 is 5.32 Å². The molecule has 0 amide bonds. The number of hydrogen-bond acceptors (Lipinski definition) is 3. The Morgan fingerprint density at radius 3 is 2.59 bits per heavy atom. The van der Waals surface area contributed by atoms with Crippen LogP contribution in [0.5, 0.6) is 0 Å². The molecular formula is C12H11ClFN3. The highest BCUT2D eigenvalue weighted by atomic mass is 35.5. The zero-order valence-corrected chi connectivity index (χ0v) is 9.95. The number of halogens is 2. The van der Waals surface area contributed by atoms with Crippen LogP contribution >= 0.6 is 11.6 Å². The van der Waals surface area contributed by atoms with Crippen LogP contribution in [-0.2, 0) is 0 Å². The van der Waals surface area contributed by atoms with Crippen molar-refractivity contribution in [3.05, 3.63) is 53.2 Å². The summed E-state index contributed by atoms with van der Waals surface area (Å²) >= 11 is 5.81. The molecule has 3 nitrogen and oxygen atoms in total. The molecule has 1 atom stereocenters. The third-order valence-electron chi connectivity index (χ3n) is 2.37. The van der Waals surface area contributed by atoms with E-state index in [0.29, 0.717) is 10.8 Å². The van der Waals surface area contributed by atoms with Crippen LogP contribution in [-0.4, -0.2) is 9.97 Å². The molecule has 0 saturated heterocycles. The molecule has 1 aromatic carbocycles. The SMILES string of the molecule is CC(Nc1cc(F)ncn1)c1ccc(Cl)cc1. The highest BCUT2D eigenvalue weighted by Crippen LogP contribution is 2.19. The standard InChI is InChI=1S/C12H11ClFN3/c1-8(9-2-4-10(13)5-3-9)17-12-6-11(14)15-7-16-12/h2-8H,1H3,(H,15,16,17). The number of hydrogen-bond donors (Lipinski definition) is 1. The summed E-state index contributed by atoms with van der Waals surface area (Å²) in [5.74, 6) is -0.0919. The van der Waals surface area contributed by atoms with Crippen LogP contribution < -0.4 is 5.32 Å². The van der Waals surface area contributed by atoms with Crippen molar-refractivity contribution in [2.45, 2.75) is 13.0 Å². The molecule has 0 bridgehead atoms. The zero-order chi connectivity index (χ0) is 12.3. The maximum absolute atomic E-state index is 12.9. The average Bonchev–Trinajstić information content (AvgIpc) is 2.29. The van der Waals surface area contributed by atoms with Crippen molar-refractivity contribution >= 4 is 17.4 Å². The second kappa shape index (κ2) is 5.10. The summed E-state index contributed by atoms with van der Waals surface area (Å²) < 4.78 is 12.9. The quantitative estimate of drug-likeness (QED) is 0.849. The normalized spacial score (nSPS) is 12.2. The Morgan fingerprint density at radius 1 is 1.24 bits per heavy atom. The van der Waals surface area contributed by atoms with Gasteiger partial charge in [-0.25, -0.2) is 9.97 Å². The molecule has 1 N–H and O–H groups in total. The Bertz CT molecular complexity index is 501. The molecule has 1 heterocycles. The van der Waals surface area contributed by atoms with E-state index in [9.17, 15) is 4.39 Å². The molecule has 1 unspecified atom stereocenters. The molecule has 0 aliphatic carbocycles. The van der Waals surface area contributed by atoms with Gasteiger partial charge in [0.2, 0.25) is 5.95 Å². The molecule has 0 aliphatic heterocycles. The molecule has 0 radical (unpaired) electrons. The Labute approximate surface area is 104 Å². The topological polar surface area (TPSA) is 37.8 Å². The van der Waals surface area contributed by atoms with Gasteiger partial charge in [0.15, 0.2) is 0 Å². The fraction of sp³-hybridized carbons (Fsp3) is 0.167. The van der Waals surface area contributed by atoms with E-state index in [0.717, 1.165) is 5.56 Å². The number of nitrogens with one attached hydrogen (secondary N) is 1. The predicted octanol–water partition coefficient (Wildman–Crippen LogP) is 3.44. The van der Waals surface area contributed by atoms with E-state index >= 15 is 0 Å². The highest BCUT2D eigenvalue weighted by Gasteiger charge is 2.06. The first-order chi connectivity index (χ1) is 8.15. The minimum absolute atomic E-state index is 0.0153. The minimum atomic E-state index is -0.550. The first-order valence-corrected chi connectivity index (χ1v) is 5.52. The van der Waals surface area contributed by atoms with E-state index < -0.39 is 5.95 Å². The Hall–Kier alpha value is -1.68. The van der Waals surface area contributed by atoms with Crippen LogP contribution in [0, 0.1) is 5.95 Å². The van der Waals surface area contributed by atoms with Gasteiger partial charge in [0.25, 0.3) is 0 Å². The van der Waals surface area contributed by atoms with Crippen molar-refractivity contribution in [1.82, 2.24) is 9.97 Å². The van der Waals surface area contributed by atoms with Crippen LogP contribution in [0.2, 0.25) is 5.02 Å². The van der Waals surface area contributed by atoms with Crippen molar-refractivity contribution in [1.29, 1.82) is 0 Å². The fourth-order valence-corrected chi connectivity index (χ4v) is 1.60. The first kappa shape index (κ1) is 11.8. The van der Waals surface area contributed by atoms with Crippen molar-refractivity contribution < 1.29 is 4.39 Å². The summed E-state index contributed by atoms with van der Waals surface area (Å²) in [7, 11) is 0. The monoisotopic (exact) mass is 251 g/mol. The summed E-state index contributed by atoms with van der Waals surface area (Å²) in [6.07, 6.45) is 1.19. The number of aromatic nitrogens is 2. The second-order valence-corrected chi connectivity index (χ2v) is 4.08. The Balaban J connectivity index is 2.11. The van der Waals surface area contributed by atoms with Crippen LogP contribution in [0.3, 0.4) is 0 Å².